The largest absolute Gasteiger partial charge is 0.396 e. The van der Waals surface area contributed by atoms with Gasteiger partial charge >= 0.3 is 0 Å². The van der Waals surface area contributed by atoms with Crippen LogP contribution >= 0.6 is 23.2 Å². The molecule has 2 rings (SSSR count). The Balaban J connectivity index is 2.04. The molecule has 1 aliphatic carbocycles. The van der Waals surface area contributed by atoms with Crippen molar-refractivity contribution in [2.45, 2.75) is 45.2 Å². The van der Waals surface area contributed by atoms with Gasteiger partial charge in [-0.25, -0.2) is 0 Å². The molecule has 0 aromatic heterocycles. The van der Waals surface area contributed by atoms with Crippen LogP contribution in [0.2, 0.25) is 10.0 Å². The van der Waals surface area contributed by atoms with Crippen molar-refractivity contribution in [3.05, 3.63) is 27.7 Å². The minimum atomic E-state index is 0.473. The van der Waals surface area contributed by atoms with Crippen molar-refractivity contribution in [2.24, 2.45) is 5.92 Å². The van der Waals surface area contributed by atoms with Crippen LogP contribution in [-0.2, 0) is 6.54 Å². The van der Waals surface area contributed by atoms with Crippen LogP contribution in [0.15, 0.2) is 12.1 Å². The Bertz CT molecular complexity index is 425. The van der Waals surface area contributed by atoms with Gasteiger partial charge in [0.05, 0.1) is 15.7 Å². The first kappa shape index (κ1) is 15.0. The number of rotatable bonds is 3. The molecule has 19 heavy (non-hydrogen) atoms. The van der Waals surface area contributed by atoms with Gasteiger partial charge in [0.15, 0.2) is 0 Å². The Hall–Kier alpha value is -0.440. The number of benzene rings is 1. The van der Waals surface area contributed by atoms with E-state index in [9.17, 15) is 0 Å². The lowest BCUT2D eigenvalue weighted by atomic mass is 9.86. The molecule has 0 spiro atoms. The first-order valence-electron chi connectivity index (χ1n) is 6.91. The summed E-state index contributed by atoms with van der Waals surface area (Å²) in [6, 6.07) is 4.51. The van der Waals surface area contributed by atoms with Crippen molar-refractivity contribution in [3.8, 4) is 0 Å². The lowest BCUT2D eigenvalue weighted by Gasteiger charge is -2.34. The Labute approximate surface area is 125 Å². The zero-order valence-corrected chi connectivity index (χ0v) is 13.1. The van der Waals surface area contributed by atoms with Crippen LogP contribution in [0.5, 0.6) is 0 Å². The molecule has 1 aromatic carbocycles. The summed E-state index contributed by atoms with van der Waals surface area (Å²) in [6.45, 7) is 3.22. The fourth-order valence-corrected chi connectivity index (χ4v) is 3.48. The molecule has 0 bridgehead atoms. The number of anilines is 1. The monoisotopic (exact) mass is 300 g/mol. The molecule has 1 fully saturated rings. The van der Waals surface area contributed by atoms with Crippen LogP contribution in [-0.4, -0.2) is 18.0 Å². The second kappa shape index (κ2) is 6.34. The predicted octanol–water partition coefficient (Wildman–Crippen LogP) is 4.59. The quantitative estimate of drug-likeness (QED) is 0.828. The molecule has 0 amide bonds. The molecule has 0 saturated heterocycles. The second-order valence-electron chi connectivity index (χ2n) is 5.81. The Morgan fingerprint density at radius 3 is 2.47 bits per heavy atom. The Morgan fingerprint density at radius 1 is 1.26 bits per heavy atom. The molecule has 1 aromatic rings. The van der Waals surface area contributed by atoms with Gasteiger partial charge in [0.2, 0.25) is 0 Å². The first-order chi connectivity index (χ1) is 8.97. The summed E-state index contributed by atoms with van der Waals surface area (Å²) in [5.41, 5.74) is 7.37. The van der Waals surface area contributed by atoms with Gasteiger partial charge < -0.3 is 5.73 Å². The van der Waals surface area contributed by atoms with Crippen molar-refractivity contribution in [2.75, 3.05) is 12.8 Å². The third-order valence-corrected chi connectivity index (χ3v) is 4.73. The lowest BCUT2D eigenvalue weighted by Crippen LogP contribution is -2.35. The van der Waals surface area contributed by atoms with E-state index in [-0.39, 0.29) is 0 Å². The summed E-state index contributed by atoms with van der Waals surface area (Å²) in [5, 5.41) is 1.10. The average Bonchev–Trinajstić information content (AvgIpc) is 2.36. The van der Waals surface area contributed by atoms with Crippen LogP contribution in [0.3, 0.4) is 0 Å². The van der Waals surface area contributed by atoms with Crippen molar-refractivity contribution in [1.29, 1.82) is 0 Å². The number of hydrogen-bond donors (Lipinski definition) is 1. The smallest absolute Gasteiger partial charge is 0.0693 e. The third kappa shape index (κ3) is 3.77. The van der Waals surface area contributed by atoms with Gasteiger partial charge in [0, 0.05) is 12.6 Å². The number of halogens is 2. The van der Waals surface area contributed by atoms with E-state index >= 15 is 0 Å². The summed E-state index contributed by atoms with van der Waals surface area (Å²) in [7, 11) is 2.18. The molecule has 2 nitrogen and oxygen atoms in total. The predicted molar refractivity (Wildman–Crippen MR) is 83.8 cm³/mol. The van der Waals surface area contributed by atoms with E-state index in [4.69, 9.17) is 28.9 Å². The highest BCUT2D eigenvalue weighted by atomic mass is 35.5. The molecule has 4 heteroatoms. The summed E-state index contributed by atoms with van der Waals surface area (Å²) in [6.07, 6.45) is 5.27. The van der Waals surface area contributed by atoms with Gasteiger partial charge in [-0.3, -0.25) is 4.90 Å². The number of nitrogen functional groups attached to an aromatic ring is 1. The molecule has 0 radical (unpaired) electrons. The maximum Gasteiger partial charge on any atom is 0.0693 e. The highest BCUT2D eigenvalue weighted by molar-refractivity contribution is 6.38. The molecule has 2 atom stereocenters. The fourth-order valence-electron chi connectivity index (χ4n) is 2.95. The van der Waals surface area contributed by atoms with E-state index in [1.807, 2.05) is 12.1 Å². The summed E-state index contributed by atoms with van der Waals surface area (Å²) in [5.74, 6) is 0.833. The molecule has 0 aliphatic heterocycles. The molecule has 106 valence electrons. The van der Waals surface area contributed by atoms with Gasteiger partial charge in [-0.2, -0.15) is 0 Å². The molecular formula is C15H22Cl2N2. The van der Waals surface area contributed by atoms with Gasteiger partial charge in [-0.1, -0.05) is 43.0 Å². The van der Waals surface area contributed by atoms with Gasteiger partial charge in [0.1, 0.15) is 0 Å². The van der Waals surface area contributed by atoms with Gasteiger partial charge in [-0.15, -0.1) is 0 Å². The third-order valence-electron chi connectivity index (χ3n) is 4.10. The van der Waals surface area contributed by atoms with E-state index in [0.717, 1.165) is 18.0 Å². The van der Waals surface area contributed by atoms with Crippen LogP contribution < -0.4 is 5.73 Å². The topological polar surface area (TPSA) is 29.3 Å². The fraction of sp³-hybridized carbons (Fsp3) is 0.600. The normalized spacial score (nSPS) is 23.8. The van der Waals surface area contributed by atoms with E-state index < -0.39 is 0 Å². The average molecular weight is 301 g/mol. The van der Waals surface area contributed by atoms with Crippen molar-refractivity contribution in [1.82, 2.24) is 4.90 Å². The maximum absolute atomic E-state index is 6.08. The standard InChI is InChI=1S/C15H22Cl2N2/c1-10-4-3-5-12(6-10)19(2)9-11-7-13(16)15(18)14(17)8-11/h7-8,10,12H,3-6,9,18H2,1-2H3. The van der Waals surface area contributed by atoms with Crippen LogP contribution in [0.4, 0.5) is 5.69 Å². The summed E-state index contributed by atoms with van der Waals surface area (Å²) in [4.78, 5) is 2.41. The Kier molecular flexibility index (Phi) is 4.99. The maximum atomic E-state index is 6.08. The van der Waals surface area contributed by atoms with Crippen molar-refractivity contribution >= 4 is 28.9 Å². The van der Waals surface area contributed by atoms with Gasteiger partial charge in [0.25, 0.3) is 0 Å². The van der Waals surface area contributed by atoms with E-state index in [1.165, 1.54) is 25.7 Å². The van der Waals surface area contributed by atoms with Gasteiger partial charge in [-0.05, 0) is 43.5 Å². The minimum Gasteiger partial charge on any atom is -0.396 e. The highest BCUT2D eigenvalue weighted by Crippen LogP contribution is 2.31. The highest BCUT2D eigenvalue weighted by Gasteiger charge is 2.22. The lowest BCUT2D eigenvalue weighted by molar-refractivity contribution is 0.158. The number of nitrogens with zero attached hydrogens (tertiary/aromatic N) is 1. The molecule has 1 saturated carbocycles. The van der Waals surface area contributed by atoms with Crippen LogP contribution in [0.25, 0.3) is 0 Å². The molecule has 0 heterocycles. The molecule has 2 unspecified atom stereocenters. The molecular weight excluding hydrogens is 279 g/mol. The zero-order chi connectivity index (χ0) is 14.0. The van der Waals surface area contributed by atoms with E-state index in [1.54, 1.807) is 0 Å². The first-order valence-corrected chi connectivity index (χ1v) is 7.66. The summed E-state index contributed by atoms with van der Waals surface area (Å²) < 4.78 is 0. The summed E-state index contributed by atoms with van der Waals surface area (Å²) >= 11 is 12.2. The zero-order valence-electron chi connectivity index (χ0n) is 11.6. The number of hydrogen-bond acceptors (Lipinski definition) is 2. The second-order valence-corrected chi connectivity index (χ2v) is 6.63. The van der Waals surface area contributed by atoms with E-state index in [0.29, 0.717) is 21.8 Å². The van der Waals surface area contributed by atoms with Crippen LogP contribution in [0, 0.1) is 5.92 Å². The van der Waals surface area contributed by atoms with Crippen molar-refractivity contribution < 1.29 is 0 Å². The van der Waals surface area contributed by atoms with Crippen molar-refractivity contribution in [3.63, 3.8) is 0 Å². The molecule has 1 aliphatic rings. The minimum absolute atomic E-state index is 0.473. The Morgan fingerprint density at radius 2 is 1.89 bits per heavy atom. The molecule has 2 N–H and O–H groups in total. The van der Waals surface area contributed by atoms with Crippen LogP contribution in [0.1, 0.15) is 38.2 Å². The SMILES string of the molecule is CC1CCCC(N(C)Cc2cc(Cl)c(N)c(Cl)c2)C1. The van der Waals surface area contributed by atoms with E-state index in [2.05, 4.69) is 18.9 Å². The number of nitrogens with two attached hydrogens (primary N) is 1.